The maximum atomic E-state index is 13.5. The lowest BCUT2D eigenvalue weighted by Gasteiger charge is -2.16. The quantitative estimate of drug-likeness (QED) is 0.268. The van der Waals surface area contributed by atoms with Crippen molar-refractivity contribution in [2.75, 3.05) is 0 Å². The Morgan fingerprint density at radius 3 is 2.51 bits per heavy atom. The van der Waals surface area contributed by atoms with Crippen LogP contribution < -0.4 is 0 Å². The summed E-state index contributed by atoms with van der Waals surface area (Å²) in [5.74, 6) is 0.753. The van der Waals surface area contributed by atoms with Crippen LogP contribution in [-0.4, -0.2) is 20.7 Å². The van der Waals surface area contributed by atoms with E-state index in [1.54, 1.807) is 18.5 Å². The zero-order chi connectivity index (χ0) is 26.0. The zero-order valence-corrected chi connectivity index (χ0v) is 21.6. The summed E-state index contributed by atoms with van der Waals surface area (Å²) in [5.41, 5.74) is 6.35. The van der Waals surface area contributed by atoms with E-state index >= 15 is 0 Å². The molecule has 6 heteroatoms. The fourth-order valence-corrected chi connectivity index (χ4v) is 4.78. The Bertz CT molecular complexity index is 1400. The Hall–Kier alpha value is -3.80. The topological polar surface area (TPSA) is 57.0 Å². The number of benzene rings is 3. The highest BCUT2D eigenvalue weighted by Crippen LogP contribution is 2.31. The van der Waals surface area contributed by atoms with Gasteiger partial charge in [0.05, 0.1) is 5.41 Å². The van der Waals surface area contributed by atoms with E-state index in [2.05, 4.69) is 46.5 Å². The SMILES string of the molecule is CC(C)(C)C(=O)OCn1cnc(-c2cccc(-c3ccc(CC[C@H]4Cc5ccc(F)cc5C4)cc3)c2)n1. The monoisotopic (exact) mass is 497 g/mol. The number of hydrogen-bond acceptors (Lipinski definition) is 4. The number of hydrogen-bond donors (Lipinski definition) is 0. The molecule has 5 rings (SSSR count). The van der Waals surface area contributed by atoms with E-state index in [9.17, 15) is 9.18 Å². The molecule has 0 bridgehead atoms. The maximum absolute atomic E-state index is 13.5. The van der Waals surface area contributed by atoms with Crippen LogP contribution in [0.15, 0.2) is 73.1 Å². The van der Waals surface area contributed by atoms with Crippen molar-refractivity contribution in [2.45, 2.75) is 53.2 Å². The summed E-state index contributed by atoms with van der Waals surface area (Å²) < 4.78 is 20.4. The number of ether oxygens (including phenoxy) is 1. The van der Waals surface area contributed by atoms with Gasteiger partial charge in [-0.2, -0.15) is 0 Å². The van der Waals surface area contributed by atoms with Gasteiger partial charge < -0.3 is 4.74 Å². The van der Waals surface area contributed by atoms with Crippen LogP contribution in [0.2, 0.25) is 0 Å². The Morgan fingerprint density at radius 2 is 1.73 bits per heavy atom. The van der Waals surface area contributed by atoms with Gasteiger partial charge in [-0.05, 0) is 98.4 Å². The van der Waals surface area contributed by atoms with Gasteiger partial charge in [0.15, 0.2) is 12.6 Å². The lowest BCUT2D eigenvalue weighted by molar-refractivity contribution is -0.157. The summed E-state index contributed by atoms with van der Waals surface area (Å²) in [4.78, 5) is 16.4. The van der Waals surface area contributed by atoms with Gasteiger partial charge in [-0.25, -0.2) is 14.1 Å². The first-order valence-electron chi connectivity index (χ1n) is 12.8. The molecule has 4 aromatic rings. The molecule has 5 nitrogen and oxygen atoms in total. The lowest BCUT2D eigenvalue weighted by atomic mass is 9.95. The van der Waals surface area contributed by atoms with Crippen LogP contribution in [0.5, 0.6) is 0 Å². The molecule has 1 heterocycles. The van der Waals surface area contributed by atoms with Crippen molar-refractivity contribution in [1.29, 1.82) is 0 Å². The fourth-order valence-electron chi connectivity index (χ4n) is 4.78. The number of nitrogens with zero attached hydrogens (tertiary/aromatic N) is 3. The molecule has 0 amide bonds. The second kappa shape index (κ2) is 10.3. The third kappa shape index (κ3) is 5.96. The number of aryl methyl sites for hydroxylation is 1. The molecule has 37 heavy (non-hydrogen) atoms. The van der Waals surface area contributed by atoms with Gasteiger partial charge in [-0.3, -0.25) is 4.79 Å². The van der Waals surface area contributed by atoms with Crippen molar-refractivity contribution in [2.24, 2.45) is 11.3 Å². The molecule has 0 spiro atoms. The van der Waals surface area contributed by atoms with Crippen molar-refractivity contribution in [3.63, 3.8) is 0 Å². The Balaban J connectivity index is 1.19. The fraction of sp³-hybridized carbons (Fsp3) is 0.323. The number of carbonyl (C=O) groups excluding carboxylic acids is 1. The number of esters is 1. The van der Waals surface area contributed by atoms with E-state index in [0.29, 0.717) is 11.7 Å². The van der Waals surface area contributed by atoms with Crippen LogP contribution in [0.25, 0.3) is 22.5 Å². The largest absolute Gasteiger partial charge is 0.442 e. The van der Waals surface area contributed by atoms with Crippen LogP contribution >= 0.6 is 0 Å². The van der Waals surface area contributed by atoms with E-state index < -0.39 is 5.41 Å². The first kappa shape index (κ1) is 24.9. The molecule has 0 unspecified atom stereocenters. The molecule has 0 radical (unpaired) electrons. The lowest BCUT2D eigenvalue weighted by Crippen LogP contribution is -2.24. The summed E-state index contributed by atoms with van der Waals surface area (Å²) in [5, 5.41) is 4.47. The van der Waals surface area contributed by atoms with Crippen molar-refractivity contribution < 1.29 is 13.9 Å². The molecule has 3 aromatic carbocycles. The molecule has 0 fully saturated rings. The minimum Gasteiger partial charge on any atom is -0.442 e. The third-order valence-corrected chi connectivity index (χ3v) is 6.91. The second-order valence-electron chi connectivity index (χ2n) is 10.9. The summed E-state index contributed by atoms with van der Waals surface area (Å²) in [6, 6.07) is 22.0. The number of carbonyl (C=O) groups is 1. The molecule has 0 saturated heterocycles. The van der Waals surface area contributed by atoms with Crippen molar-refractivity contribution >= 4 is 5.97 Å². The van der Waals surface area contributed by atoms with Gasteiger partial charge in [-0.1, -0.05) is 48.5 Å². The summed E-state index contributed by atoms with van der Waals surface area (Å²) >= 11 is 0. The van der Waals surface area contributed by atoms with E-state index in [1.807, 2.05) is 39.0 Å². The van der Waals surface area contributed by atoms with E-state index in [1.165, 1.54) is 21.4 Å². The highest BCUT2D eigenvalue weighted by atomic mass is 19.1. The van der Waals surface area contributed by atoms with E-state index in [-0.39, 0.29) is 18.5 Å². The predicted octanol–water partition coefficient (Wildman–Crippen LogP) is 6.65. The Kier molecular flexibility index (Phi) is 6.92. The highest BCUT2D eigenvalue weighted by molar-refractivity contribution is 5.75. The Labute approximate surface area is 217 Å². The zero-order valence-electron chi connectivity index (χ0n) is 21.6. The minimum atomic E-state index is -0.559. The summed E-state index contributed by atoms with van der Waals surface area (Å²) in [7, 11) is 0. The molecule has 0 saturated carbocycles. The van der Waals surface area contributed by atoms with Gasteiger partial charge in [0.1, 0.15) is 12.1 Å². The smallest absolute Gasteiger partial charge is 0.313 e. The number of halogens is 1. The van der Waals surface area contributed by atoms with Crippen LogP contribution in [0.1, 0.15) is 43.9 Å². The molecule has 1 aliphatic rings. The molecular formula is C31H32FN3O2. The normalized spacial score (nSPS) is 15.0. The molecular weight excluding hydrogens is 465 g/mol. The van der Waals surface area contributed by atoms with E-state index in [4.69, 9.17) is 4.74 Å². The van der Waals surface area contributed by atoms with Crippen LogP contribution in [-0.2, 0) is 35.5 Å². The van der Waals surface area contributed by atoms with Gasteiger partial charge in [0.25, 0.3) is 0 Å². The average molecular weight is 498 g/mol. The average Bonchev–Trinajstić information content (AvgIpc) is 3.52. The molecule has 0 N–H and O–H groups in total. The van der Waals surface area contributed by atoms with Crippen LogP contribution in [0.3, 0.4) is 0 Å². The number of rotatable bonds is 7. The van der Waals surface area contributed by atoms with Crippen molar-refractivity contribution in [3.8, 4) is 22.5 Å². The van der Waals surface area contributed by atoms with Crippen LogP contribution in [0.4, 0.5) is 4.39 Å². The van der Waals surface area contributed by atoms with Crippen molar-refractivity contribution in [1.82, 2.24) is 14.8 Å². The third-order valence-electron chi connectivity index (χ3n) is 6.91. The molecule has 0 aliphatic heterocycles. The van der Waals surface area contributed by atoms with Gasteiger partial charge >= 0.3 is 5.97 Å². The van der Waals surface area contributed by atoms with Crippen LogP contribution in [0, 0.1) is 17.2 Å². The second-order valence-corrected chi connectivity index (χ2v) is 10.9. The highest BCUT2D eigenvalue weighted by Gasteiger charge is 2.23. The molecule has 1 atom stereocenters. The standard InChI is InChI=1S/C31H32FN3O2/c1-31(2,3)30(36)37-20-35-19-33-29(34-35)26-6-4-5-24(17-26)23-11-9-21(10-12-23)7-8-22-15-25-13-14-28(32)18-27(25)16-22/h4-6,9-14,17-19,22H,7-8,15-16,20H2,1-3H3/t22-/m0/s1. The Morgan fingerprint density at radius 1 is 0.973 bits per heavy atom. The molecule has 1 aromatic heterocycles. The first-order chi connectivity index (χ1) is 17.7. The predicted molar refractivity (Wildman–Crippen MR) is 142 cm³/mol. The molecule has 190 valence electrons. The van der Waals surface area contributed by atoms with Gasteiger partial charge in [-0.15, -0.1) is 5.10 Å². The van der Waals surface area contributed by atoms with Gasteiger partial charge in [0.2, 0.25) is 0 Å². The molecule has 1 aliphatic carbocycles. The number of aromatic nitrogens is 3. The van der Waals surface area contributed by atoms with Crippen molar-refractivity contribution in [3.05, 3.63) is 95.6 Å². The first-order valence-corrected chi connectivity index (χ1v) is 12.8. The summed E-state index contributed by atoms with van der Waals surface area (Å²) in [6.07, 6.45) is 5.71. The summed E-state index contributed by atoms with van der Waals surface area (Å²) in [6.45, 7) is 5.49. The number of fused-ring (bicyclic) bond motifs is 1. The minimum absolute atomic E-state index is 0.0358. The maximum Gasteiger partial charge on any atom is 0.313 e. The van der Waals surface area contributed by atoms with E-state index in [0.717, 1.165) is 42.4 Å². The van der Waals surface area contributed by atoms with Gasteiger partial charge in [0, 0.05) is 5.56 Å².